The van der Waals surface area contributed by atoms with E-state index in [1.54, 1.807) is 0 Å². The number of esters is 2. The molecular formula is C36H73NO3. The quantitative estimate of drug-likeness (QED) is 0.0532. The van der Waals surface area contributed by atoms with Gasteiger partial charge in [0, 0.05) is 12.8 Å². The van der Waals surface area contributed by atoms with Gasteiger partial charge in [-0.1, -0.05) is 181 Å². The Labute approximate surface area is 251 Å². The number of unbranched alkanes of at least 4 members (excludes halogenated alkanes) is 25. The predicted molar refractivity (Wildman–Crippen MR) is 176 cm³/mol. The second kappa shape index (κ2) is 38.1. The fourth-order valence-corrected chi connectivity index (χ4v) is 5.02. The lowest BCUT2D eigenvalue weighted by Crippen LogP contribution is -2.11. The van der Waals surface area contributed by atoms with E-state index in [2.05, 4.69) is 20.8 Å². The van der Waals surface area contributed by atoms with Gasteiger partial charge in [-0.25, -0.2) is 0 Å². The SMILES string of the molecule is CCCCCCCCCCCC(=O)OC(=O)CCCCCCCCCCC.CCCCCCCCCCCCN. The summed E-state index contributed by atoms with van der Waals surface area (Å²) in [5.41, 5.74) is 5.42. The number of rotatable bonds is 30. The molecule has 0 aromatic carbocycles. The first kappa shape index (κ1) is 41.2. The Kier molecular flexibility index (Phi) is 39.3. The van der Waals surface area contributed by atoms with Gasteiger partial charge in [-0.3, -0.25) is 9.59 Å². The van der Waals surface area contributed by atoms with Crippen molar-refractivity contribution in [3.8, 4) is 0 Å². The Bertz CT molecular complexity index is 452. The summed E-state index contributed by atoms with van der Waals surface area (Å²) in [5.74, 6) is -0.669. The average Bonchev–Trinajstić information content (AvgIpc) is 2.95. The van der Waals surface area contributed by atoms with Gasteiger partial charge in [-0.15, -0.1) is 0 Å². The molecule has 4 nitrogen and oxygen atoms in total. The number of hydrogen-bond acceptors (Lipinski definition) is 4. The Hall–Kier alpha value is -0.900. The summed E-state index contributed by atoms with van der Waals surface area (Å²) in [5, 5.41) is 0. The van der Waals surface area contributed by atoms with E-state index in [-0.39, 0.29) is 11.9 Å². The second-order valence-corrected chi connectivity index (χ2v) is 12.0. The van der Waals surface area contributed by atoms with Gasteiger partial charge in [-0.2, -0.15) is 0 Å². The largest absolute Gasteiger partial charge is 0.393 e. The zero-order chi connectivity index (χ0) is 29.8. The fourth-order valence-electron chi connectivity index (χ4n) is 5.02. The van der Waals surface area contributed by atoms with Gasteiger partial charge < -0.3 is 10.5 Å². The summed E-state index contributed by atoms with van der Waals surface area (Å²) in [4.78, 5) is 23.4. The third-order valence-electron chi connectivity index (χ3n) is 7.75. The van der Waals surface area contributed by atoms with Crippen LogP contribution in [0.15, 0.2) is 0 Å². The average molecular weight is 568 g/mol. The normalized spacial score (nSPS) is 10.8. The Morgan fingerprint density at radius 2 is 0.600 bits per heavy atom. The van der Waals surface area contributed by atoms with Gasteiger partial charge in [0.05, 0.1) is 0 Å². The van der Waals surface area contributed by atoms with Crippen LogP contribution in [0.5, 0.6) is 0 Å². The van der Waals surface area contributed by atoms with Gasteiger partial charge in [0.15, 0.2) is 0 Å². The Morgan fingerprint density at radius 3 is 0.850 bits per heavy atom. The highest BCUT2D eigenvalue weighted by molar-refractivity contribution is 5.85. The minimum absolute atomic E-state index is 0.334. The van der Waals surface area contributed by atoms with Crippen LogP contribution in [0.4, 0.5) is 0 Å². The smallest absolute Gasteiger partial charge is 0.313 e. The molecule has 0 bridgehead atoms. The summed E-state index contributed by atoms with van der Waals surface area (Å²) >= 11 is 0. The number of hydrogen-bond donors (Lipinski definition) is 1. The van der Waals surface area contributed by atoms with Crippen molar-refractivity contribution < 1.29 is 14.3 Å². The first-order valence-corrected chi connectivity index (χ1v) is 18.1. The van der Waals surface area contributed by atoms with Crippen LogP contribution in [0, 0.1) is 0 Å². The first-order chi connectivity index (χ1) is 19.6. The van der Waals surface area contributed by atoms with E-state index in [9.17, 15) is 9.59 Å². The second-order valence-electron chi connectivity index (χ2n) is 12.0. The summed E-state index contributed by atoms with van der Waals surface area (Å²) in [6, 6.07) is 0. The third-order valence-corrected chi connectivity index (χ3v) is 7.75. The van der Waals surface area contributed by atoms with E-state index >= 15 is 0 Å². The molecule has 240 valence electrons. The van der Waals surface area contributed by atoms with E-state index in [4.69, 9.17) is 10.5 Å². The monoisotopic (exact) mass is 568 g/mol. The van der Waals surface area contributed by atoms with Gasteiger partial charge in [0.2, 0.25) is 0 Å². The Morgan fingerprint density at radius 1 is 0.375 bits per heavy atom. The van der Waals surface area contributed by atoms with Gasteiger partial charge in [-0.05, 0) is 25.8 Å². The van der Waals surface area contributed by atoms with E-state index in [0.29, 0.717) is 12.8 Å². The van der Waals surface area contributed by atoms with Crippen molar-refractivity contribution in [3.63, 3.8) is 0 Å². The van der Waals surface area contributed by atoms with E-state index in [0.717, 1.165) is 32.2 Å². The molecule has 0 aliphatic rings. The zero-order valence-electron chi connectivity index (χ0n) is 27.7. The highest BCUT2D eigenvalue weighted by atomic mass is 16.6. The molecule has 0 aliphatic heterocycles. The molecule has 0 rings (SSSR count). The molecule has 0 radical (unpaired) electrons. The molecule has 0 spiro atoms. The van der Waals surface area contributed by atoms with Crippen LogP contribution in [0.25, 0.3) is 0 Å². The van der Waals surface area contributed by atoms with Crippen LogP contribution in [0.1, 0.15) is 213 Å². The van der Waals surface area contributed by atoms with Crippen molar-refractivity contribution in [3.05, 3.63) is 0 Å². The van der Waals surface area contributed by atoms with Crippen LogP contribution in [0.2, 0.25) is 0 Å². The molecule has 0 aromatic heterocycles. The van der Waals surface area contributed by atoms with Crippen molar-refractivity contribution in [1.82, 2.24) is 0 Å². The molecule has 0 saturated carbocycles. The molecule has 0 amide bonds. The van der Waals surface area contributed by atoms with Gasteiger partial charge in [0.1, 0.15) is 0 Å². The molecule has 0 aliphatic carbocycles. The maximum Gasteiger partial charge on any atom is 0.313 e. The molecule has 4 heteroatoms. The van der Waals surface area contributed by atoms with Crippen molar-refractivity contribution in [2.24, 2.45) is 5.73 Å². The molecular weight excluding hydrogens is 494 g/mol. The van der Waals surface area contributed by atoms with Crippen LogP contribution >= 0.6 is 0 Å². The lowest BCUT2D eigenvalue weighted by Gasteiger charge is -2.04. The lowest BCUT2D eigenvalue weighted by molar-refractivity contribution is -0.159. The standard InChI is InChI=1S/C24H46O3.C12H27N/c1-3-5-7-9-11-13-15-17-19-21-23(25)27-24(26)22-20-18-16-14-12-10-8-6-4-2;1-2-3-4-5-6-7-8-9-10-11-12-13/h3-22H2,1-2H3;2-13H2,1H3. The van der Waals surface area contributed by atoms with Crippen molar-refractivity contribution in [2.75, 3.05) is 6.54 Å². The highest BCUT2D eigenvalue weighted by Gasteiger charge is 2.09. The lowest BCUT2D eigenvalue weighted by atomic mass is 10.1. The molecule has 2 N–H and O–H groups in total. The molecule has 40 heavy (non-hydrogen) atoms. The molecule has 0 atom stereocenters. The van der Waals surface area contributed by atoms with Crippen LogP contribution in [-0.4, -0.2) is 18.5 Å². The van der Waals surface area contributed by atoms with Crippen molar-refractivity contribution >= 4 is 11.9 Å². The van der Waals surface area contributed by atoms with E-state index < -0.39 is 0 Å². The Balaban J connectivity index is 0. The van der Waals surface area contributed by atoms with Gasteiger partial charge >= 0.3 is 11.9 Å². The molecule has 0 aromatic rings. The van der Waals surface area contributed by atoms with Crippen LogP contribution in [-0.2, 0) is 14.3 Å². The number of carbonyl (C=O) groups excluding carboxylic acids is 2. The minimum Gasteiger partial charge on any atom is -0.393 e. The summed E-state index contributed by atoms with van der Waals surface area (Å²) < 4.78 is 4.92. The van der Waals surface area contributed by atoms with Gasteiger partial charge in [0.25, 0.3) is 0 Å². The minimum atomic E-state index is -0.334. The highest BCUT2D eigenvalue weighted by Crippen LogP contribution is 2.13. The topological polar surface area (TPSA) is 69.4 Å². The van der Waals surface area contributed by atoms with Crippen LogP contribution in [0.3, 0.4) is 0 Å². The summed E-state index contributed by atoms with van der Waals surface area (Å²) in [6.07, 6.45) is 36.7. The summed E-state index contributed by atoms with van der Waals surface area (Å²) in [7, 11) is 0. The van der Waals surface area contributed by atoms with Crippen molar-refractivity contribution in [1.29, 1.82) is 0 Å². The molecule has 0 fully saturated rings. The number of nitrogens with two attached hydrogens (primary N) is 1. The zero-order valence-corrected chi connectivity index (χ0v) is 27.7. The maximum atomic E-state index is 11.7. The van der Waals surface area contributed by atoms with Crippen LogP contribution < -0.4 is 5.73 Å². The first-order valence-electron chi connectivity index (χ1n) is 18.1. The number of carbonyl (C=O) groups is 2. The van der Waals surface area contributed by atoms with E-state index in [1.165, 1.54) is 154 Å². The summed E-state index contributed by atoms with van der Waals surface area (Å²) in [6.45, 7) is 7.62. The molecule has 0 saturated heterocycles. The van der Waals surface area contributed by atoms with E-state index in [1.807, 2.05) is 0 Å². The third kappa shape index (κ3) is 39.2. The predicted octanol–water partition coefficient (Wildman–Crippen LogP) is 11.8. The molecule has 0 heterocycles. The maximum absolute atomic E-state index is 11.7. The fraction of sp³-hybridized carbons (Fsp3) is 0.944. The molecule has 0 unspecified atom stereocenters. The number of ether oxygens (including phenoxy) is 1. The van der Waals surface area contributed by atoms with Crippen molar-refractivity contribution in [2.45, 2.75) is 213 Å².